The third-order valence-corrected chi connectivity index (χ3v) is 2.58. The molecule has 1 aromatic rings. The molecular weight excluding hydrogens is 162 g/mol. The van der Waals surface area contributed by atoms with Crippen molar-refractivity contribution in [2.24, 2.45) is 11.7 Å². The van der Waals surface area contributed by atoms with E-state index in [1.54, 1.807) is 0 Å². The molecule has 0 unspecified atom stereocenters. The zero-order valence-corrected chi connectivity index (χ0v) is 7.65. The van der Waals surface area contributed by atoms with E-state index in [-0.39, 0.29) is 6.04 Å². The SMILES string of the molecule is N[C@H](Cc1ccccc1)C1COC1. The van der Waals surface area contributed by atoms with Crippen LogP contribution in [0.25, 0.3) is 0 Å². The van der Waals surface area contributed by atoms with Gasteiger partial charge in [-0.1, -0.05) is 30.3 Å². The highest BCUT2D eigenvalue weighted by Crippen LogP contribution is 2.16. The van der Waals surface area contributed by atoms with Gasteiger partial charge >= 0.3 is 0 Å². The average Bonchev–Trinajstić information content (AvgIpc) is 2.02. The Labute approximate surface area is 78.7 Å². The summed E-state index contributed by atoms with van der Waals surface area (Å²) in [5.74, 6) is 0.570. The Hall–Kier alpha value is -0.860. The van der Waals surface area contributed by atoms with Gasteiger partial charge in [0.15, 0.2) is 0 Å². The van der Waals surface area contributed by atoms with Crippen molar-refractivity contribution in [2.45, 2.75) is 12.5 Å². The number of rotatable bonds is 3. The van der Waals surface area contributed by atoms with E-state index in [1.807, 2.05) is 6.07 Å². The molecule has 2 N–H and O–H groups in total. The highest BCUT2D eigenvalue weighted by molar-refractivity contribution is 5.16. The van der Waals surface area contributed by atoms with Crippen molar-refractivity contribution in [1.29, 1.82) is 0 Å². The standard InChI is InChI=1S/C11H15NO/c12-11(10-7-13-8-10)6-9-4-2-1-3-5-9/h1-5,10-11H,6-8,12H2/t11-/m1/s1. The van der Waals surface area contributed by atoms with Gasteiger partial charge in [0, 0.05) is 12.0 Å². The van der Waals surface area contributed by atoms with Crippen molar-refractivity contribution >= 4 is 0 Å². The van der Waals surface area contributed by atoms with Crippen LogP contribution in [0.4, 0.5) is 0 Å². The Bertz CT molecular complexity index is 256. The maximum absolute atomic E-state index is 6.03. The molecule has 1 saturated heterocycles. The van der Waals surface area contributed by atoms with Gasteiger partial charge in [-0.3, -0.25) is 0 Å². The molecular formula is C11H15NO. The first-order chi connectivity index (χ1) is 6.36. The lowest BCUT2D eigenvalue weighted by molar-refractivity contribution is -0.0434. The van der Waals surface area contributed by atoms with E-state index in [1.165, 1.54) is 5.56 Å². The molecule has 0 radical (unpaired) electrons. The van der Waals surface area contributed by atoms with Crippen molar-refractivity contribution in [2.75, 3.05) is 13.2 Å². The summed E-state index contributed by atoms with van der Waals surface area (Å²) < 4.78 is 5.11. The minimum Gasteiger partial charge on any atom is -0.381 e. The van der Waals surface area contributed by atoms with Gasteiger partial charge in [0.25, 0.3) is 0 Å². The van der Waals surface area contributed by atoms with Crippen molar-refractivity contribution in [3.63, 3.8) is 0 Å². The van der Waals surface area contributed by atoms with E-state index in [2.05, 4.69) is 24.3 Å². The maximum atomic E-state index is 6.03. The second-order valence-corrected chi connectivity index (χ2v) is 3.65. The van der Waals surface area contributed by atoms with Gasteiger partial charge in [0.1, 0.15) is 0 Å². The number of hydrogen-bond donors (Lipinski definition) is 1. The molecule has 1 aromatic carbocycles. The van der Waals surface area contributed by atoms with Crippen molar-refractivity contribution < 1.29 is 4.74 Å². The molecule has 1 heterocycles. The molecule has 0 bridgehead atoms. The van der Waals surface area contributed by atoms with Crippen molar-refractivity contribution in [3.8, 4) is 0 Å². The smallest absolute Gasteiger partial charge is 0.0531 e. The van der Waals surface area contributed by atoms with E-state index >= 15 is 0 Å². The molecule has 1 fully saturated rings. The molecule has 1 atom stereocenters. The maximum Gasteiger partial charge on any atom is 0.0531 e. The molecule has 0 spiro atoms. The first-order valence-corrected chi connectivity index (χ1v) is 4.73. The van der Waals surface area contributed by atoms with Crippen LogP contribution >= 0.6 is 0 Å². The lowest BCUT2D eigenvalue weighted by Crippen LogP contribution is -2.44. The molecule has 70 valence electrons. The lowest BCUT2D eigenvalue weighted by Gasteiger charge is -2.31. The molecule has 1 aliphatic heterocycles. The van der Waals surface area contributed by atoms with Crippen LogP contribution in [-0.2, 0) is 11.2 Å². The Balaban J connectivity index is 1.90. The summed E-state index contributed by atoms with van der Waals surface area (Å²) in [4.78, 5) is 0. The van der Waals surface area contributed by atoms with Gasteiger partial charge in [-0.25, -0.2) is 0 Å². The Morgan fingerprint density at radius 3 is 2.54 bits per heavy atom. The van der Waals surface area contributed by atoms with Crippen LogP contribution in [0.3, 0.4) is 0 Å². The van der Waals surface area contributed by atoms with E-state index in [9.17, 15) is 0 Å². The Morgan fingerprint density at radius 2 is 2.00 bits per heavy atom. The van der Waals surface area contributed by atoms with Crippen molar-refractivity contribution in [3.05, 3.63) is 35.9 Å². The van der Waals surface area contributed by atoms with Crippen LogP contribution in [0.5, 0.6) is 0 Å². The first kappa shape index (κ1) is 8.73. The van der Waals surface area contributed by atoms with Crippen LogP contribution in [0.15, 0.2) is 30.3 Å². The monoisotopic (exact) mass is 177 g/mol. The number of ether oxygens (including phenoxy) is 1. The summed E-state index contributed by atoms with van der Waals surface area (Å²) in [6.45, 7) is 1.68. The fraction of sp³-hybridized carbons (Fsp3) is 0.455. The molecule has 0 aromatic heterocycles. The Morgan fingerprint density at radius 1 is 1.31 bits per heavy atom. The van der Waals surface area contributed by atoms with Gasteiger partial charge in [-0.05, 0) is 12.0 Å². The molecule has 1 aliphatic rings. The third-order valence-electron chi connectivity index (χ3n) is 2.58. The summed E-state index contributed by atoms with van der Waals surface area (Å²) in [5.41, 5.74) is 7.35. The summed E-state index contributed by atoms with van der Waals surface area (Å²) in [7, 11) is 0. The predicted molar refractivity (Wildman–Crippen MR) is 52.4 cm³/mol. The van der Waals surface area contributed by atoms with Crippen molar-refractivity contribution in [1.82, 2.24) is 0 Å². The lowest BCUT2D eigenvalue weighted by atomic mass is 9.93. The van der Waals surface area contributed by atoms with Crippen LogP contribution in [0.2, 0.25) is 0 Å². The largest absolute Gasteiger partial charge is 0.381 e. The molecule has 0 amide bonds. The zero-order valence-electron chi connectivity index (χ0n) is 7.65. The van der Waals surface area contributed by atoms with Gasteiger partial charge in [-0.2, -0.15) is 0 Å². The molecule has 2 rings (SSSR count). The van der Waals surface area contributed by atoms with Gasteiger partial charge in [-0.15, -0.1) is 0 Å². The van der Waals surface area contributed by atoms with E-state index < -0.39 is 0 Å². The first-order valence-electron chi connectivity index (χ1n) is 4.73. The summed E-state index contributed by atoms with van der Waals surface area (Å²) in [5, 5.41) is 0. The zero-order chi connectivity index (χ0) is 9.10. The number of hydrogen-bond acceptors (Lipinski definition) is 2. The average molecular weight is 177 g/mol. The molecule has 13 heavy (non-hydrogen) atoms. The predicted octanol–water partition coefficient (Wildman–Crippen LogP) is 1.20. The van der Waals surface area contributed by atoms with Gasteiger partial charge in [0.05, 0.1) is 13.2 Å². The number of nitrogens with two attached hydrogens (primary N) is 1. The minimum absolute atomic E-state index is 0.260. The van der Waals surface area contributed by atoms with Crippen LogP contribution in [0, 0.1) is 5.92 Å². The van der Waals surface area contributed by atoms with Gasteiger partial charge < -0.3 is 10.5 Å². The highest BCUT2D eigenvalue weighted by Gasteiger charge is 2.25. The second kappa shape index (κ2) is 3.90. The van der Waals surface area contributed by atoms with E-state index in [0.717, 1.165) is 19.6 Å². The fourth-order valence-corrected chi connectivity index (χ4v) is 1.55. The third kappa shape index (κ3) is 2.08. The molecule has 2 heteroatoms. The minimum atomic E-state index is 0.260. The molecule has 2 nitrogen and oxygen atoms in total. The summed E-state index contributed by atoms with van der Waals surface area (Å²) in [6, 6.07) is 10.6. The fourth-order valence-electron chi connectivity index (χ4n) is 1.55. The summed E-state index contributed by atoms with van der Waals surface area (Å²) in [6.07, 6.45) is 0.967. The molecule has 0 saturated carbocycles. The van der Waals surface area contributed by atoms with E-state index in [4.69, 9.17) is 10.5 Å². The topological polar surface area (TPSA) is 35.2 Å². The summed E-state index contributed by atoms with van der Waals surface area (Å²) >= 11 is 0. The second-order valence-electron chi connectivity index (χ2n) is 3.65. The van der Waals surface area contributed by atoms with Crippen LogP contribution in [0.1, 0.15) is 5.56 Å². The Kier molecular flexibility index (Phi) is 2.62. The number of benzene rings is 1. The van der Waals surface area contributed by atoms with Crippen LogP contribution < -0.4 is 5.73 Å². The van der Waals surface area contributed by atoms with Crippen LogP contribution in [-0.4, -0.2) is 19.3 Å². The highest BCUT2D eigenvalue weighted by atomic mass is 16.5. The molecule has 0 aliphatic carbocycles. The quantitative estimate of drug-likeness (QED) is 0.753. The van der Waals surface area contributed by atoms with E-state index in [0.29, 0.717) is 5.92 Å². The van der Waals surface area contributed by atoms with Gasteiger partial charge in [0.2, 0.25) is 0 Å². The normalized spacial score (nSPS) is 19.5.